The summed E-state index contributed by atoms with van der Waals surface area (Å²) >= 11 is 0. The number of nitrogens with zero attached hydrogens (tertiary/aromatic N) is 2. The first-order valence-corrected chi connectivity index (χ1v) is 7.12. The Balaban J connectivity index is 1.76. The lowest BCUT2D eigenvalue weighted by Crippen LogP contribution is -2.30. The summed E-state index contributed by atoms with van der Waals surface area (Å²) in [4.78, 5) is 26.2. The van der Waals surface area contributed by atoms with Crippen LogP contribution < -0.4 is 5.56 Å². The molecule has 1 aliphatic heterocycles. The van der Waals surface area contributed by atoms with E-state index >= 15 is 0 Å². The molecule has 0 saturated carbocycles. The number of aromatic nitrogens is 1. The van der Waals surface area contributed by atoms with Crippen LogP contribution in [0.5, 0.6) is 0 Å². The quantitative estimate of drug-likeness (QED) is 0.856. The number of hydrogen-bond donors (Lipinski definition) is 0. The van der Waals surface area contributed by atoms with E-state index < -0.39 is 0 Å². The third-order valence-corrected chi connectivity index (χ3v) is 3.91. The molecule has 0 N–H and O–H groups in total. The SMILES string of the molecule is O=C(CCn1ccc2ccccc2c1=O)N1CCCC1. The predicted molar refractivity (Wildman–Crippen MR) is 78.6 cm³/mol. The van der Waals surface area contributed by atoms with Crippen LogP contribution in [0.15, 0.2) is 41.3 Å². The highest BCUT2D eigenvalue weighted by molar-refractivity contribution is 5.81. The highest BCUT2D eigenvalue weighted by Crippen LogP contribution is 2.10. The molecule has 1 saturated heterocycles. The number of likely N-dealkylation sites (tertiary alicyclic amines) is 1. The van der Waals surface area contributed by atoms with E-state index in [2.05, 4.69) is 0 Å². The molecule has 0 spiro atoms. The van der Waals surface area contributed by atoms with Crippen molar-refractivity contribution < 1.29 is 4.79 Å². The van der Waals surface area contributed by atoms with Gasteiger partial charge in [-0.1, -0.05) is 18.2 Å². The van der Waals surface area contributed by atoms with E-state index in [9.17, 15) is 9.59 Å². The van der Waals surface area contributed by atoms with Crippen LogP contribution in [0.1, 0.15) is 19.3 Å². The molecule has 1 amide bonds. The van der Waals surface area contributed by atoms with Gasteiger partial charge in [0.1, 0.15) is 0 Å². The Bertz CT molecular complexity index is 684. The minimum Gasteiger partial charge on any atom is -0.343 e. The third-order valence-electron chi connectivity index (χ3n) is 3.91. The molecule has 20 heavy (non-hydrogen) atoms. The average Bonchev–Trinajstić information content (AvgIpc) is 3.01. The Kier molecular flexibility index (Phi) is 3.54. The van der Waals surface area contributed by atoms with E-state index in [1.807, 2.05) is 35.2 Å². The van der Waals surface area contributed by atoms with Crippen molar-refractivity contribution in [3.05, 3.63) is 46.9 Å². The zero-order valence-corrected chi connectivity index (χ0v) is 11.4. The van der Waals surface area contributed by atoms with Crippen molar-refractivity contribution in [2.24, 2.45) is 0 Å². The molecular formula is C16H18N2O2. The molecule has 1 fully saturated rings. The molecule has 0 unspecified atom stereocenters. The fourth-order valence-corrected chi connectivity index (χ4v) is 2.75. The molecule has 1 aromatic carbocycles. The molecule has 1 aromatic heterocycles. The predicted octanol–water partition coefficient (Wildman–Crippen LogP) is 2.01. The fraction of sp³-hybridized carbons (Fsp3) is 0.375. The van der Waals surface area contributed by atoms with E-state index in [1.54, 1.807) is 10.8 Å². The van der Waals surface area contributed by atoms with Gasteiger partial charge in [-0.3, -0.25) is 9.59 Å². The normalized spacial score (nSPS) is 14.9. The Labute approximate surface area is 117 Å². The Hall–Kier alpha value is -2.10. The molecule has 0 radical (unpaired) electrons. The van der Waals surface area contributed by atoms with Gasteiger partial charge in [-0.25, -0.2) is 0 Å². The maximum atomic E-state index is 12.3. The first kappa shape index (κ1) is 12.9. The molecule has 104 valence electrons. The summed E-state index contributed by atoms with van der Waals surface area (Å²) in [6.07, 6.45) is 4.38. The standard InChI is InChI=1S/C16H18N2O2/c19-15(17-9-3-4-10-17)8-12-18-11-7-13-5-1-2-6-14(13)16(18)20/h1-2,5-7,11H,3-4,8-10,12H2. The number of hydrogen-bond acceptors (Lipinski definition) is 2. The van der Waals surface area contributed by atoms with Gasteiger partial charge in [0.15, 0.2) is 0 Å². The molecule has 0 aliphatic carbocycles. The van der Waals surface area contributed by atoms with Crippen molar-refractivity contribution in [3.63, 3.8) is 0 Å². The number of amides is 1. The van der Waals surface area contributed by atoms with Gasteiger partial charge in [0.2, 0.25) is 5.91 Å². The monoisotopic (exact) mass is 270 g/mol. The fourth-order valence-electron chi connectivity index (χ4n) is 2.75. The van der Waals surface area contributed by atoms with Crippen LogP contribution >= 0.6 is 0 Å². The molecule has 1 aliphatic rings. The molecule has 2 aromatic rings. The van der Waals surface area contributed by atoms with E-state index in [-0.39, 0.29) is 11.5 Å². The second kappa shape index (κ2) is 5.49. The summed E-state index contributed by atoms with van der Waals surface area (Å²) in [6.45, 7) is 2.19. The highest BCUT2D eigenvalue weighted by Gasteiger charge is 2.17. The van der Waals surface area contributed by atoms with E-state index in [4.69, 9.17) is 0 Å². The molecule has 4 heteroatoms. The number of aryl methyl sites for hydroxylation is 1. The number of carbonyl (C=O) groups excluding carboxylic acids is 1. The van der Waals surface area contributed by atoms with Crippen LogP contribution in [0.25, 0.3) is 10.8 Å². The van der Waals surface area contributed by atoms with Crippen LogP contribution in [0.2, 0.25) is 0 Å². The average molecular weight is 270 g/mol. The lowest BCUT2D eigenvalue weighted by Gasteiger charge is -2.15. The van der Waals surface area contributed by atoms with Crippen LogP contribution in [-0.2, 0) is 11.3 Å². The van der Waals surface area contributed by atoms with Crippen molar-refractivity contribution in [2.75, 3.05) is 13.1 Å². The Morgan fingerprint density at radius 2 is 1.85 bits per heavy atom. The molecule has 0 atom stereocenters. The van der Waals surface area contributed by atoms with Gasteiger partial charge < -0.3 is 9.47 Å². The maximum absolute atomic E-state index is 12.3. The minimum atomic E-state index is -0.0164. The maximum Gasteiger partial charge on any atom is 0.258 e. The van der Waals surface area contributed by atoms with Gasteiger partial charge in [0, 0.05) is 37.6 Å². The van der Waals surface area contributed by atoms with Gasteiger partial charge >= 0.3 is 0 Å². The summed E-state index contributed by atoms with van der Waals surface area (Å²) in [6, 6.07) is 9.47. The Morgan fingerprint density at radius 1 is 1.10 bits per heavy atom. The zero-order chi connectivity index (χ0) is 13.9. The van der Waals surface area contributed by atoms with Crippen molar-refractivity contribution >= 4 is 16.7 Å². The summed E-state index contributed by atoms with van der Waals surface area (Å²) < 4.78 is 1.64. The van der Waals surface area contributed by atoms with Crippen molar-refractivity contribution in [1.29, 1.82) is 0 Å². The first-order valence-electron chi connectivity index (χ1n) is 7.12. The first-order chi connectivity index (χ1) is 9.75. The van der Waals surface area contributed by atoms with Gasteiger partial charge in [-0.05, 0) is 30.4 Å². The van der Waals surface area contributed by atoms with Gasteiger partial charge in [-0.2, -0.15) is 0 Å². The lowest BCUT2D eigenvalue weighted by molar-refractivity contribution is -0.130. The topological polar surface area (TPSA) is 42.3 Å². The third kappa shape index (κ3) is 2.46. The van der Waals surface area contributed by atoms with Gasteiger partial charge in [-0.15, -0.1) is 0 Å². The molecule has 3 rings (SSSR count). The zero-order valence-electron chi connectivity index (χ0n) is 11.4. The second-order valence-electron chi connectivity index (χ2n) is 5.24. The van der Waals surface area contributed by atoms with E-state index in [0.29, 0.717) is 18.4 Å². The molecular weight excluding hydrogens is 252 g/mol. The number of pyridine rings is 1. The van der Waals surface area contributed by atoms with Gasteiger partial charge in [0.05, 0.1) is 0 Å². The van der Waals surface area contributed by atoms with Crippen molar-refractivity contribution in [3.8, 4) is 0 Å². The Morgan fingerprint density at radius 3 is 2.65 bits per heavy atom. The summed E-state index contributed by atoms with van der Waals surface area (Å²) in [5, 5.41) is 1.66. The van der Waals surface area contributed by atoms with Gasteiger partial charge in [0.25, 0.3) is 5.56 Å². The molecule has 4 nitrogen and oxygen atoms in total. The van der Waals surface area contributed by atoms with Crippen LogP contribution in [-0.4, -0.2) is 28.5 Å². The summed E-state index contributed by atoms with van der Waals surface area (Å²) in [5.41, 5.74) is -0.0164. The smallest absolute Gasteiger partial charge is 0.258 e. The van der Waals surface area contributed by atoms with E-state index in [1.165, 1.54) is 0 Å². The van der Waals surface area contributed by atoms with Crippen LogP contribution in [0, 0.1) is 0 Å². The van der Waals surface area contributed by atoms with Crippen LogP contribution in [0.4, 0.5) is 0 Å². The van der Waals surface area contributed by atoms with Crippen molar-refractivity contribution in [2.45, 2.75) is 25.8 Å². The number of benzene rings is 1. The number of rotatable bonds is 3. The molecule has 2 heterocycles. The number of carbonyl (C=O) groups is 1. The number of fused-ring (bicyclic) bond motifs is 1. The van der Waals surface area contributed by atoms with Crippen molar-refractivity contribution in [1.82, 2.24) is 9.47 Å². The summed E-state index contributed by atoms with van der Waals surface area (Å²) in [7, 11) is 0. The lowest BCUT2D eigenvalue weighted by atomic mass is 10.2. The highest BCUT2D eigenvalue weighted by atomic mass is 16.2. The second-order valence-corrected chi connectivity index (χ2v) is 5.24. The minimum absolute atomic E-state index is 0.0164. The van der Waals surface area contributed by atoms with E-state index in [0.717, 1.165) is 31.3 Å². The molecule has 0 bridgehead atoms. The largest absolute Gasteiger partial charge is 0.343 e. The summed E-state index contributed by atoms with van der Waals surface area (Å²) in [5.74, 6) is 0.155. The van der Waals surface area contributed by atoms with Crippen LogP contribution in [0.3, 0.4) is 0 Å².